The summed E-state index contributed by atoms with van der Waals surface area (Å²) in [5, 5.41) is 2.80. The van der Waals surface area contributed by atoms with Crippen LogP contribution in [-0.4, -0.2) is 36.5 Å². The summed E-state index contributed by atoms with van der Waals surface area (Å²) in [7, 11) is 1.64. The number of rotatable bonds is 9. The Morgan fingerprint density at radius 1 is 1.42 bits per heavy atom. The fourth-order valence-corrected chi connectivity index (χ4v) is 1.74. The van der Waals surface area contributed by atoms with Gasteiger partial charge in [-0.25, -0.2) is 0 Å². The number of carbonyl (C=O) groups excluding carboxylic acids is 2. The van der Waals surface area contributed by atoms with Crippen molar-refractivity contribution in [2.75, 3.05) is 20.3 Å². The lowest BCUT2D eigenvalue weighted by atomic mass is 10.1. The van der Waals surface area contributed by atoms with E-state index < -0.39 is 0 Å². The molecule has 1 heterocycles. The van der Waals surface area contributed by atoms with E-state index in [-0.39, 0.29) is 18.2 Å². The molecule has 0 aliphatic rings. The van der Waals surface area contributed by atoms with E-state index in [0.29, 0.717) is 25.1 Å². The topological polar surface area (TPSA) is 60.3 Å². The summed E-state index contributed by atoms with van der Waals surface area (Å²) < 4.78 is 6.63. The third-order valence-corrected chi connectivity index (χ3v) is 2.72. The minimum absolute atomic E-state index is 0.0545. The molecule has 0 bridgehead atoms. The van der Waals surface area contributed by atoms with Gasteiger partial charge < -0.3 is 14.6 Å². The maximum atomic E-state index is 11.7. The number of ketones is 1. The highest BCUT2D eigenvalue weighted by Gasteiger charge is 2.08. The first-order valence-corrected chi connectivity index (χ1v) is 6.62. The molecule has 5 heteroatoms. The molecule has 0 fully saturated rings. The van der Waals surface area contributed by atoms with Gasteiger partial charge in [0.15, 0.2) is 5.78 Å². The second kappa shape index (κ2) is 8.48. The first kappa shape index (κ1) is 15.4. The molecule has 0 unspecified atom stereocenters. The molecule has 5 nitrogen and oxygen atoms in total. The molecule has 0 atom stereocenters. The Bertz CT molecular complexity index is 413. The van der Waals surface area contributed by atoms with Crippen LogP contribution in [0.2, 0.25) is 0 Å². The lowest BCUT2D eigenvalue weighted by molar-refractivity contribution is -0.121. The first-order chi connectivity index (χ1) is 9.17. The normalized spacial score (nSPS) is 10.4. The van der Waals surface area contributed by atoms with Gasteiger partial charge in [0.2, 0.25) is 5.91 Å². The number of nitrogens with one attached hydrogen (secondary N) is 1. The summed E-state index contributed by atoms with van der Waals surface area (Å²) in [4.78, 5) is 23.3. The number of ether oxygens (including phenoxy) is 1. The number of hydrogen-bond donors (Lipinski definition) is 1. The minimum atomic E-state index is -0.0545. The molecule has 0 aliphatic carbocycles. The van der Waals surface area contributed by atoms with Crippen molar-refractivity contribution in [2.45, 2.75) is 32.7 Å². The number of hydrogen-bond acceptors (Lipinski definition) is 3. The zero-order valence-corrected chi connectivity index (χ0v) is 11.6. The van der Waals surface area contributed by atoms with Crippen LogP contribution in [0, 0.1) is 0 Å². The van der Waals surface area contributed by atoms with Crippen molar-refractivity contribution in [3.63, 3.8) is 0 Å². The number of nitrogens with zero attached hydrogens (tertiary/aromatic N) is 1. The Morgan fingerprint density at radius 3 is 2.89 bits per heavy atom. The molecule has 1 aromatic heterocycles. The van der Waals surface area contributed by atoms with E-state index in [4.69, 9.17) is 4.74 Å². The molecule has 19 heavy (non-hydrogen) atoms. The number of methoxy groups -OCH3 is 1. The standard InChI is InChI=1S/C14H22N2O3/c1-3-5-13(17)12-6-8-16(10-12)11-14(18)15-7-4-9-19-2/h6,8,10H,3-5,7,9,11H2,1-2H3,(H,15,18). The Kier molecular flexibility index (Phi) is 6.89. The maximum Gasteiger partial charge on any atom is 0.239 e. The van der Waals surface area contributed by atoms with E-state index >= 15 is 0 Å². The average Bonchev–Trinajstić information content (AvgIpc) is 2.83. The van der Waals surface area contributed by atoms with Gasteiger partial charge in [0, 0.05) is 44.6 Å². The zero-order valence-electron chi connectivity index (χ0n) is 11.6. The van der Waals surface area contributed by atoms with Crippen LogP contribution >= 0.6 is 0 Å². The predicted octanol–water partition coefficient (Wildman–Crippen LogP) is 1.62. The van der Waals surface area contributed by atoms with E-state index in [9.17, 15) is 9.59 Å². The zero-order chi connectivity index (χ0) is 14.1. The van der Waals surface area contributed by atoms with Crippen molar-refractivity contribution in [1.29, 1.82) is 0 Å². The van der Waals surface area contributed by atoms with Crippen LogP contribution < -0.4 is 5.32 Å². The summed E-state index contributed by atoms with van der Waals surface area (Å²) >= 11 is 0. The highest BCUT2D eigenvalue weighted by Crippen LogP contribution is 2.06. The van der Waals surface area contributed by atoms with Crippen molar-refractivity contribution in [3.8, 4) is 0 Å². The van der Waals surface area contributed by atoms with E-state index in [0.717, 1.165) is 12.8 Å². The van der Waals surface area contributed by atoms with Crippen molar-refractivity contribution in [1.82, 2.24) is 9.88 Å². The van der Waals surface area contributed by atoms with Crippen molar-refractivity contribution >= 4 is 11.7 Å². The third-order valence-electron chi connectivity index (χ3n) is 2.72. The molecular formula is C14H22N2O3. The maximum absolute atomic E-state index is 11.7. The molecule has 0 spiro atoms. The molecule has 1 amide bonds. The van der Waals surface area contributed by atoms with Crippen molar-refractivity contribution in [3.05, 3.63) is 24.0 Å². The molecule has 106 valence electrons. The van der Waals surface area contributed by atoms with Gasteiger partial charge in [-0.15, -0.1) is 0 Å². The highest BCUT2D eigenvalue weighted by molar-refractivity contribution is 5.95. The lowest BCUT2D eigenvalue weighted by Crippen LogP contribution is -2.28. The molecule has 1 N–H and O–H groups in total. The van der Waals surface area contributed by atoms with Gasteiger partial charge in [-0.1, -0.05) is 6.92 Å². The van der Waals surface area contributed by atoms with Gasteiger partial charge in [0.1, 0.15) is 6.54 Å². The van der Waals surface area contributed by atoms with Gasteiger partial charge in [-0.3, -0.25) is 9.59 Å². The van der Waals surface area contributed by atoms with Gasteiger partial charge in [0.25, 0.3) is 0 Å². The summed E-state index contributed by atoms with van der Waals surface area (Å²) in [5.74, 6) is 0.0722. The molecule has 0 saturated carbocycles. The monoisotopic (exact) mass is 266 g/mol. The Labute approximate surface area is 113 Å². The first-order valence-electron chi connectivity index (χ1n) is 6.62. The summed E-state index contributed by atoms with van der Waals surface area (Å²) in [5.41, 5.74) is 0.675. The highest BCUT2D eigenvalue weighted by atomic mass is 16.5. The van der Waals surface area contributed by atoms with Crippen LogP contribution in [-0.2, 0) is 16.1 Å². The van der Waals surface area contributed by atoms with Crippen LogP contribution in [0.3, 0.4) is 0 Å². The second-order valence-electron chi connectivity index (χ2n) is 4.44. The summed E-state index contributed by atoms with van der Waals surface area (Å²) in [6, 6.07) is 1.76. The summed E-state index contributed by atoms with van der Waals surface area (Å²) in [6.07, 6.45) is 5.68. The Hall–Kier alpha value is -1.62. The molecule has 0 aromatic carbocycles. The quantitative estimate of drug-likeness (QED) is 0.546. The fraction of sp³-hybridized carbons (Fsp3) is 0.571. The Balaban J connectivity index is 2.36. The van der Waals surface area contributed by atoms with Crippen LogP contribution in [0.5, 0.6) is 0 Å². The van der Waals surface area contributed by atoms with Gasteiger partial charge in [0.05, 0.1) is 0 Å². The number of Topliss-reactive ketones (excluding diaryl/α,β-unsaturated/α-hetero) is 1. The molecule has 1 rings (SSSR count). The average molecular weight is 266 g/mol. The Morgan fingerprint density at radius 2 is 2.21 bits per heavy atom. The second-order valence-corrected chi connectivity index (χ2v) is 4.44. The molecule has 0 aliphatic heterocycles. The lowest BCUT2D eigenvalue weighted by Gasteiger charge is -2.05. The number of carbonyl (C=O) groups is 2. The number of amides is 1. The van der Waals surface area contributed by atoms with Crippen LogP contribution in [0.25, 0.3) is 0 Å². The molecule has 0 saturated heterocycles. The van der Waals surface area contributed by atoms with E-state index in [1.165, 1.54) is 0 Å². The van der Waals surface area contributed by atoms with Crippen molar-refractivity contribution < 1.29 is 14.3 Å². The van der Waals surface area contributed by atoms with Crippen LogP contribution in [0.15, 0.2) is 18.5 Å². The molecule has 0 radical (unpaired) electrons. The van der Waals surface area contributed by atoms with E-state index in [1.54, 1.807) is 30.1 Å². The number of aromatic nitrogens is 1. The van der Waals surface area contributed by atoms with Crippen molar-refractivity contribution in [2.24, 2.45) is 0 Å². The van der Waals surface area contributed by atoms with Gasteiger partial charge in [-0.05, 0) is 18.9 Å². The largest absolute Gasteiger partial charge is 0.385 e. The smallest absolute Gasteiger partial charge is 0.239 e. The van der Waals surface area contributed by atoms with Crippen LogP contribution in [0.4, 0.5) is 0 Å². The molecule has 1 aromatic rings. The van der Waals surface area contributed by atoms with Gasteiger partial charge in [-0.2, -0.15) is 0 Å². The molecular weight excluding hydrogens is 244 g/mol. The van der Waals surface area contributed by atoms with Crippen LogP contribution in [0.1, 0.15) is 36.5 Å². The minimum Gasteiger partial charge on any atom is -0.385 e. The SMILES string of the molecule is CCCC(=O)c1ccn(CC(=O)NCCCOC)c1. The van der Waals surface area contributed by atoms with Gasteiger partial charge >= 0.3 is 0 Å². The predicted molar refractivity (Wildman–Crippen MR) is 73.2 cm³/mol. The van der Waals surface area contributed by atoms with E-state index in [2.05, 4.69) is 5.32 Å². The third kappa shape index (κ3) is 5.70. The van der Waals surface area contributed by atoms with E-state index in [1.807, 2.05) is 6.92 Å². The fourth-order valence-electron chi connectivity index (χ4n) is 1.74. The summed E-state index contributed by atoms with van der Waals surface area (Å²) in [6.45, 7) is 3.46.